The summed E-state index contributed by atoms with van der Waals surface area (Å²) in [6.45, 7) is 2.76. The van der Waals surface area contributed by atoms with Crippen LogP contribution in [0.25, 0.3) is 0 Å². The quantitative estimate of drug-likeness (QED) is 0.745. The molecule has 7 nitrogen and oxygen atoms in total. The minimum atomic E-state index is -5.08. The van der Waals surface area contributed by atoms with Crippen LogP contribution in [0.15, 0.2) is 35.3 Å². The highest BCUT2D eigenvalue weighted by Crippen LogP contribution is 2.31. The van der Waals surface area contributed by atoms with Crippen LogP contribution in [-0.2, 0) is 24.2 Å². The lowest BCUT2D eigenvalue weighted by Crippen LogP contribution is -2.40. The first-order chi connectivity index (χ1) is 15.0. The van der Waals surface area contributed by atoms with Crippen molar-refractivity contribution in [2.24, 2.45) is 5.92 Å². The van der Waals surface area contributed by atoms with Crippen LogP contribution in [0.3, 0.4) is 0 Å². The van der Waals surface area contributed by atoms with Gasteiger partial charge in [0.05, 0.1) is 5.56 Å². The summed E-state index contributed by atoms with van der Waals surface area (Å²) >= 11 is 0. The third-order valence-electron chi connectivity index (χ3n) is 5.47. The van der Waals surface area contributed by atoms with Crippen LogP contribution in [0.5, 0.6) is 0 Å². The van der Waals surface area contributed by atoms with Crippen LogP contribution in [0.4, 0.5) is 13.2 Å². The van der Waals surface area contributed by atoms with Crippen molar-refractivity contribution < 1.29 is 27.9 Å². The van der Waals surface area contributed by atoms with Gasteiger partial charge in [0.1, 0.15) is 0 Å². The third-order valence-corrected chi connectivity index (χ3v) is 5.47. The Morgan fingerprint density at radius 1 is 1.19 bits per heavy atom. The number of carboxylic acids is 1. The summed E-state index contributed by atoms with van der Waals surface area (Å²) in [6, 6.07) is 7.37. The molecule has 0 spiro atoms. The first-order valence-corrected chi connectivity index (χ1v) is 10.3. The Hall–Kier alpha value is -3.17. The highest BCUT2D eigenvalue weighted by atomic mass is 19.4. The number of halogens is 3. The molecule has 0 aromatic carbocycles. The van der Waals surface area contributed by atoms with Gasteiger partial charge in [0.15, 0.2) is 0 Å². The maximum atomic E-state index is 12.4. The first kappa shape index (κ1) is 23.5. The van der Waals surface area contributed by atoms with Gasteiger partial charge in [0.2, 0.25) is 0 Å². The summed E-state index contributed by atoms with van der Waals surface area (Å²) in [5.41, 5.74) is 3.96. The first-order valence-electron chi connectivity index (χ1n) is 10.3. The number of aliphatic carboxylic acids is 1. The van der Waals surface area contributed by atoms with Crippen LogP contribution in [0, 0.1) is 12.8 Å². The molecule has 4 rings (SSSR count). The van der Waals surface area contributed by atoms with Crippen LogP contribution in [0.2, 0.25) is 0 Å². The van der Waals surface area contributed by atoms with E-state index in [1.54, 1.807) is 12.3 Å². The van der Waals surface area contributed by atoms with Crippen molar-refractivity contribution in [3.05, 3.63) is 63.3 Å². The Morgan fingerprint density at radius 3 is 2.44 bits per heavy atom. The second kappa shape index (κ2) is 9.54. The lowest BCUT2D eigenvalue weighted by atomic mass is 9.91. The second-order valence-corrected chi connectivity index (χ2v) is 8.10. The molecule has 0 radical (unpaired) electrons. The number of aryl methyl sites for hydroxylation is 1. The maximum Gasteiger partial charge on any atom is 0.490 e. The predicted molar refractivity (Wildman–Crippen MR) is 109 cm³/mol. The van der Waals surface area contributed by atoms with Gasteiger partial charge in [0, 0.05) is 36.2 Å². The molecule has 2 aliphatic rings. The fourth-order valence-electron chi connectivity index (χ4n) is 3.58. The number of alkyl halides is 3. The van der Waals surface area contributed by atoms with Crippen molar-refractivity contribution in [3.63, 3.8) is 0 Å². The molecule has 0 saturated heterocycles. The zero-order valence-corrected chi connectivity index (χ0v) is 17.5. The van der Waals surface area contributed by atoms with Crippen molar-refractivity contribution in [2.45, 2.75) is 57.8 Å². The molecule has 0 bridgehead atoms. The minimum Gasteiger partial charge on any atom is -0.475 e. The lowest BCUT2D eigenvalue weighted by molar-refractivity contribution is -0.192. The van der Waals surface area contributed by atoms with Gasteiger partial charge in [-0.25, -0.2) is 4.79 Å². The molecule has 0 aliphatic heterocycles. The van der Waals surface area contributed by atoms with Crippen molar-refractivity contribution >= 4 is 11.9 Å². The molecular weight excluding hydrogens is 427 g/mol. The number of carbonyl (C=O) groups is 2. The average molecular weight is 451 g/mol. The highest BCUT2D eigenvalue weighted by Gasteiger charge is 2.38. The van der Waals surface area contributed by atoms with Crippen LogP contribution < -0.4 is 10.9 Å². The standard InChI is InChI=1S/C20H23N3O2.C2HF3O2/c1-13-2-5-16(11-21-13)20(25)22-17-7-8-18-15(10-17)6-9-19(24)23(18)12-14-3-4-14;3-2(4,5)1(6)7/h2,5-6,9,11,14,17H,3-4,7-8,10,12H2,1H3,(H,22,25);(H,6,7). The van der Waals surface area contributed by atoms with E-state index in [0.29, 0.717) is 11.5 Å². The topological polar surface area (TPSA) is 101 Å². The number of hydrogen-bond acceptors (Lipinski definition) is 4. The number of carboxylic acid groups (broad SMARTS) is 1. The molecule has 2 N–H and O–H groups in total. The van der Waals surface area contributed by atoms with Gasteiger partial charge in [-0.3, -0.25) is 14.6 Å². The molecule has 1 atom stereocenters. The van der Waals surface area contributed by atoms with E-state index in [1.165, 1.54) is 24.1 Å². The highest BCUT2D eigenvalue weighted by molar-refractivity contribution is 5.94. The molecule has 1 saturated carbocycles. The number of nitrogens with zero attached hydrogens (tertiary/aromatic N) is 2. The van der Waals surface area contributed by atoms with Crippen molar-refractivity contribution in [3.8, 4) is 0 Å². The smallest absolute Gasteiger partial charge is 0.475 e. The number of aromatic nitrogens is 2. The molecule has 172 valence electrons. The average Bonchev–Trinajstić information content (AvgIpc) is 3.54. The van der Waals surface area contributed by atoms with E-state index in [4.69, 9.17) is 9.90 Å². The number of amides is 1. The number of pyridine rings is 2. The van der Waals surface area contributed by atoms with Gasteiger partial charge in [-0.1, -0.05) is 6.07 Å². The predicted octanol–water partition coefficient (Wildman–Crippen LogP) is 2.88. The molecule has 1 unspecified atom stereocenters. The maximum absolute atomic E-state index is 12.4. The van der Waals surface area contributed by atoms with Gasteiger partial charge >= 0.3 is 12.1 Å². The largest absolute Gasteiger partial charge is 0.490 e. The van der Waals surface area contributed by atoms with Crippen molar-refractivity contribution in [1.29, 1.82) is 0 Å². The third kappa shape index (κ3) is 6.18. The van der Waals surface area contributed by atoms with Gasteiger partial charge in [-0.2, -0.15) is 13.2 Å². The van der Waals surface area contributed by atoms with Gasteiger partial charge in [-0.05, 0) is 62.6 Å². The van der Waals surface area contributed by atoms with E-state index in [2.05, 4.69) is 10.3 Å². The molecule has 2 aromatic rings. The SMILES string of the molecule is Cc1ccc(C(=O)NC2CCc3c(ccc(=O)n3CC3CC3)C2)cn1.O=C(O)C(F)(F)F. The summed E-state index contributed by atoms with van der Waals surface area (Å²) in [4.78, 5) is 37.7. The number of fused-ring (bicyclic) bond motifs is 1. The molecule has 2 heterocycles. The second-order valence-electron chi connectivity index (χ2n) is 8.10. The summed E-state index contributed by atoms with van der Waals surface area (Å²) < 4.78 is 33.7. The Bertz CT molecular complexity index is 1040. The monoisotopic (exact) mass is 451 g/mol. The number of nitrogens with one attached hydrogen (secondary N) is 1. The van der Waals surface area contributed by atoms with E-state index in [-0.39, 0.29) is 17.5 Å². The van der Waals surface area contributed by atoms with Gasteiger partial charge < -0.3 is 15.0 Å². The molecule has 10 heteroatoms. The van der Waals surface area contributed by atoms with E-state index in [1.807, 2.05) is 29.7 Å². The summed E-state index contributed by atoms with van der Waals surface area (Å²) in [5, 5.41) is 10.2. The summed E-state index contributed by atoms with van der Waals surface area (Å²) in [7, 11) is 0. The Balaban J connectivity index is 0.000000360. The zero-order valence-electron chi connectivity index (χ0n) is 17.5. The molecule has 1 fully saturated rings. The van der Waals surface area contributed by atoms with E-state index in [0.717, 1.165) is 31.5 Å². The fourth-order valence-corrected chi connectivity index (χ4v) is 3.58. The van der Waals surface area contributed by atoms with Crippen molar-refractivity contribution in [1.82, 2.24) is 14.9 Å². The molecule has 1 amide bonds. The van der Waals surface area contributed by atoms with E-state index in [9.17, 15) is 22.8 Å². The lowest BCUT2D eigenvalue weighted by Gasteiger charge is -2.27. The van der Waals surface area contributed by atoms with E-state index >= 15 is 0 Å². The van der Waals surface area contributed by atoms with Crippen LogP contribution in [0.1, 0.15) is 46.6 Å². The number of carbonyl (C=O) groups excluding carboxylic acids is 1. The normalized spacial score (nSPS) is 17.6. The zero-order chi connectivity index (χ0) is 23.5. The molecular formula is C22H24F3N3O4. The Morgan fingerprint density at radius 2 is 1.88 bits per heavy atom. The number of rotatable bonds is 4. The van der Waals surface area contributed by atoms with Gasteiger partial charge in [0.25, 0.3) is 11.5 Å². The number of hydrogen-bond donors (Lipinski definition) is 2. The van der Waals surface area contributed by atoms with Crippen LogP contribution >= 0.6 is 0 Å². The minimum absolute atomic E-state index is 0.0766. The van der Waals surface area contributed by atoms with Crippen LogP contribution in [-0.4, -0.2) is 38.8 Å². The molecule has 2 aromatic heterocycles. The Kier molecular flexibility index (Phi) is 7.00. The summed E-state index contributed by atoms with van der Waals surface area (Å²) in [5.74, 6) is -2.16. The molecule has 32 heavy (non-hydrogen) atoms. The fraction of sp³-hybridized carbons (Fsp3) is 0.455. The van der Waals surface area contributed by atoms with Gasteiger partial charge in [-0.15, -0.1) is 0 Å². The summed E-state index contributed by atoms with van der Waals surface area (Å²) in [6.07, 6.45) is 1.50. The molecule has 2 aliphatic carbocycles. The Labute approximate surface area is 182 Å². The van der Waals surface area contributed by atoms with E-state index < -0.39 is 12.1 Å². The van der Waals surface area contributed by atoms with Crippen molar-refractivity contribution in [2.75, 3.05) is 0 Å².